The minimum atomic E-state index is -0.349. The SMILES string of the molecule is CN(C=N)c1ccc(Nc2ccc3c(c2)C(C2=CCCC=C2)(c2ccccc2)c2ccccc2-3)cc1. The van der Waals surface area contributed by atoms with E-state index in [1.165, 1.54) is 39.7 Å². The van der Waals surface area contributed by atoms with Crippen LogP contribution >= 0.6 is 0 Å². The third kappa shape index (κ3) is 3.47. The average Bonchev–Trinajstić information content (AvgIpc) is 3.24. The molecule has 6 rings (SSSR count). The van der Waals surface area contributed by atoms with Crippen LogP contribution in [-0.2, 0) is 5.41 Å². The Balaban J connectivity index is 1.52. The Morgan fingerprint density at radius 2 is 1.50 bits per heavy atom. The number of rotatable bonds is 6. The second kappa shape index (κ2) is 9.01. The molecular formula is C33H29N3. The maximum Gasteiger partial charge on any atom is 0.0859 e. The topological polar surface area (TPSA) is 39.1 Å². The van der Waals surface area contributed by atoms with Crippen molar-refractivity contribution in [2.45, 2.75) is 18.3 Å². The van der Waals surface area contributed by atoms with Crippen molar-refractivity contribution in [3.8, 4) is 11.1 Å². The molecule has 0 fully saturated rings. The molecule has 1 unspecified atom stereocenters. The van der Waals surface area contributed by atoms with Gasteiger partial charge in [0.1, 0.15) is 0 Å². The summed E-state index contributed by atoms with van der Waals surface area (Å²) in [7, 11) is 1.88. The summed E-state index contributed by atoms with van der Waals surface area (Å²) < 4.78 is 0. The first-order valence-corrected chi connectivity index (χ1v) is 12.5. The van der Waals surface area contributed by atoms with E-state index < -0.39 is 0 Å². The van der Waals surface area contributed by atoms with E-state index in [0.717, 1.165) is 29.9 Å². The molecule has 3 nitrogen and oxygen atoms in total. The Morgan fingerprint density at radius 1 is 0.778 bits per heavy atom. The van der Waals surface area contributed by atoms with Gasteiger partial charge < -0.3 is 10.2 Å². The van der Waals surface area contributed by atoms with Crippen LogP contribution in [0.1, 0.15) is 29.5 Å². The van der Waals surface area contributed by atoms with Gasteiger partial charge in [-0.25, -0.2) is 0 Å². The summed E-state index contributed by atoms with van der Waals surface area (Å²) in [6.45, 7) is 0. The molecule has 0 heterocycles. The van der Waals surface area contributed by atoms with Gasteiger partial charge in [0.25, 0.3) is 0 Å². The summed E-state index contributed by atoms with van der Waals surface area (Å²) in [6.07, 6.45) is 10.5. The van der Waals surface area contributed by atoms with Gasteiger partial charge in [0.2, 0.25) is 0 Å². The first-order valence-electron chi connectivity index (χ1n) is 12.5. The Labute approximate surface area is 212 Å². The minimum Gasteiger partial charge on any atom is -0.356 e. The molecule has 176 valence electrons. The normalized spacial score (nSPS) is 17.6. The smallest absolute Gasteiger partial charge is 0.0859 e. The molecule has 0 amide bonds. The number of hydrogen-bond acceptors (Lipinski definition) is 2. The van der Waals surface area contributed by atoms with Gasteiger partial charge in [-0.2, -0.15) is 0 Å². The largest absolute Gasteiger partial charge is 0.356 e. The standard InChI is InChI=1S/C33H29N3/c1-36(23-34)28-19-16-26(17-20-28)35-27-18-21-30-29-14-8-9-15-31(29)33(32(30)22-27,24-10-4-2-5-11-24)25-12-6-3-7-13-25/h2,4-6,8-23,34-35H,3,7H2,1H3. The maximum atomic E-state index is 7.47. The van der Waals surface area contributed by atoms with Crippen molar-refractivity contribution in [1.82, 2.24) is 0 Å². The second-order valence-corrected chi connectivity index (χ2v) is 9.47. The van der Waals surface area contributed by atoms with E-state index in [1.54, 1.807) is 4.90 Å². The summed E-state index contributed by atoms with van der Waals surface area (Å²) >= 11 is 0. The summed E-state index contributed by atoms with van der Waals surface area (Å²) in [6, 6.07) is 34.8. The highest BCUT2D eigenvalue weighted by Gasteiger charge is 2.46. The number of anilines is 3. The van der Waals surface area contributed by atoms with Crippen molar-refractivity contribution in [3.05, 3.63) is 138 Å². The van der Waals surface area contributed by atoms with Crippen molar-refractivity contribution in [1.29, 1.82) is 5.41 Å². The van der Waals surface area contributed by atoms with Gasteiger partial charge in [0.15, 0.2) is 0 Å². The highest BCUT2D eigenvalue weighted by molar-refractivity contribution is 5.88. The van der Waals surface area contributed by atoms with Crippen molar-refractivity contribution < 1.29 is 0 Å². The van der Waals surface area contributed by atoms with Crippen LogP contribution in [0, 0.1) is 5.41 Å². The highest BCUT2D eigenvalue weighted by Crippen LogP contribution is 2.57. The van der Waals surface area contributed by atoms with Gasteiger partial charge in [0, 0.05) is 24.1 Å². The lowest BCUT2D eigenvalue weighted by Gasteiger charge is -2.35. The van der Waals surface area contributed by atoms with Crippen LogP contribution in [0.2, 0.25) is 0 Å². The van der Waals surface area contributed by atoms with Gasteiger partial charge >= 0.3 is 0 Å². The van der Waals surface area contributed by atoms with E-state index in [1.807, 2.05) is 19.2 Å². The maximum absolute atomic E-state index is 7.47. The van der Waals surface area contributed by atoms with E-state index in [9.17, 15) is 0 Å². The zero-order valence-corrected chi connectivity index (χ0v) is 20.4. The van der Waals surface area contributed by atoms with Gasteiger partial charge in [-0.05, 0) is 82.6 Å². The molecule has 0 aliphatic heterocycles. The molecule has 0 saturated carbocycles. The summed E-state index contributed by atoms with van der Waals surface area (Å²) in [5, 5.41) is 11.1. The van der Waals surface area contributed by atoms with E-state index >= 15 is 0 Å². The molecule has 0 aromatic heterocycles. The van der Waals surface area contributed by atoms with Crippen LogP contribution in [0.4, 0.5) is 17.1 Å². The van der Waals surface area contributed by atoms with Crippen molar-refractivity contribution in [2.75, 3.05) is 17.3 Å². The molecule has 4 aromatic rings. The van der Waals surface area contributed by atoms with Crippen LogP contribution in [-0.4, -0.2) is 13.4 Å². The number of nitrogens with one attached hydrogen (secondary N) is 2. The van der Waals surface area contributed by atoms with E-state index in [2.05, 4.69) is 108 Å². The van der Waals surface area contributed by atoms with Crippen molar-refractivity contribution in [3.63, 3.8) is 0 Å². The fraction of sp³-hybridized carbons (Fsp3) is 0.121. The van der Waals surface area contributed by atoms with Gasteiger partial charge in [-0.15, -0.1) is 0 Å². The lowest BCUT2D eigenvalue weighted by Crippen LogP contribution is -2.29. The summed E-state index contributed by atoms with van der Waals surface area (Å²) in [4.78, 5) is 1.79. The second-order valence-electron chi connectivity index (χ2n) is 9.47. The molecule has 3 heteroatoms. The highest BCUT2D eigenvalue weighted by atomic mass is 15.1. The molecule has 0 radical (unpaired) electrons. The van der Waals surface area contributed by atoms with Crippen LogP contribution in [0.25, 0.3) is 11.1 Å². The summed E-state index contributed by atoms with van der Waals surface area (Å²) in [5.41, 5.74) is 10.6. The molecule has 2 aliphatic carbocycles. The zero-order chi connectivity index (χ0) is 24.5. The predicted molar refractivity (Wildman–Crippen MR) is 152 cm³/mol. The Bertz CT molecular complexity index is 1480. The molecule has 1 atom stereocenters. The van der Waals surface area contributed by atoms with Gasteiger partial charge in [0.05, 0.1) is 11.8 Å². The zero-order valence-electron chi connectivity index (χ0n) is 20.4. The number of allylic oxidation sites excluding steroid dienone is 4. The number of nitrogens with zero attached hydrogens (tertiary/aromatic N) is 1. The van der Waals surface area contributed by atoms with Crippen LogP contribution < -0.4 is 10.2 Å². The molecule has 2 N–H and O–H groups in total. The molecular weight excluding hydrogens is 438 g/mol. The minimum absolute atomic E-state index is 0.349. The summed E-state index contributed by atoms with van der Waals surface area (Å²) in [5.74, 6) is 0. The quantitative estimate of drug-likeness (QED) is 0.222. The van der Waals surface area contributed by atoms with Crippen LogP contribution in [0.5, 0.6) is 0 Å². The molecule has 0 saturated heterocycles. The third-order valence-corrected chi connectivity index (χ3v) is 7.44. The number of fused-ring (bicyclic) bond motifs is 3. The van der Waals surface area contributed by atoms with Crippen molar-refractivity contribution in [2.24, 2.45) is 0 Å². The fourth-order valence-corrected chi connectivity index (χ4v) is 5.75. The van der Waals surface area contributed by atoms with E-state index in [0.29, 0.717) is 0 Å². The first kappa shape index (κ1) is 22.1. The number of hydrogen-bond donors (Lipinski definition) is 2. The molecule has 4 aromatic carbocycles. The monoisotopic (exact) mass is 467 g/mol. The third-order valence-electron chi connectivity index (χ3n) is 7.44. The Morgan fingerprint density at radius 3 is 2.25 bits per heavy atom. The first-order chi connectivity index (χ1) is 17.7. The van der Waals surface area contributed by atoms with Crippen LogP contribution in [0.3, 0.4) is 0 Å². The van der Waals surface area contributed by atoms with Crippen LogP contribution in [0.15, 0.2) is 121 Å². The Hall–Kier alpha value is -4.37. The predicted octanol–water partition coefficient (Wildman–Crippen LogP) is 8.06. The van der Waals surface area contributed by atoms with Crippen molar-refractivity contribution >= 4 is 23.4 Å². The number of benzene rings is 4. The average molecular weight is 468 g/mol. The Kier molecular flexibility index (Phi) is 5.54. The molecule has 36 heavy (non-hydrogen) atoms. The molecule has 2 aliphatic rings. The lowest BCUT2D eigenvalue weighted by molar-refractivity contribution is 0.752. The van der Waals surface area contributed by atoms with E-state index in [-0.39, 0.29) is 5.41 Å². The lowest BCUT2D eigenvalue weighted by atomic mass is 9.66. The molecule has 0 bridgehead atoms. The van der Waals surface area contributed by atoms with E-state index in [4.69, 9.17) is 5.41 Å². The van der Waals surface area contributed by atoms with Gasteiger partial charge in [-0.1, -0.05) is 78.9 Å². The fourth-order valence-electron chi connectivity index (χ4n) is 5.75. The van der Waals surface area contributed by atoms with Gasteiger partial charge in [-0.3, -0.25) is 5.41 Å². The molecule has 0 spiro atoms.